The van der Waals surface area contributed by atoms with Gasteiger partial charge in [0, 0.05) is 6.42 Å². The molecule has 0 bridgehead atoms. The Balaban J connectivity index is 1.67. The molecule has 1 N–H and O–H groups in total. The molecular weight excluding hydrogens is 342 g/mol. The number of carbonyl (C=O) groups is 1. The van der Waals surface area contributed by atoms with Crippen molar-refractivity contribution in [3.8, 4) is 6.07 Å². The van der Waals surface area contributed by atoms with Gasteiger partial charge in [0.15, 0.2) is 0 Å². The Kier molecular flexibility index (Phi) is 4.50. The number of carbonyl (C=O) groups excluding carboxylic acids is 1. The minimum absolute atomic E-state index is 0.109. The molecule has 0 radical (unpaired) electrons. The lowest BCUT2D eigenvalue weighted by Crippen LogP contribution is -2.38. The quantitative estimate of drug-likeness (QED) is 0.895. The SMILES string of the molecule is N#Cc1ccc(S(=O)(=O)NC(=O)[C@H]2CC(c3ccccc3)=NO2)cc1. The fourth-order valence-electron chi connectivity index (χ4n) is 2.28. The van der Waals surface area contributed by atoms with Crippen molar-refractivity contribution in [1.82, 2.24) is 4.72 Å². The molecule has 0 saturated heterocycles. The standard InChI is InChI=1S/C17H13N3O4S/c18-11-12-6-8-14(9-7-12)25(22,23)20-17(21)16-10-15(19-24-16)13-4-2-1-3-5-13/h1-9,16H,10H2,(H,20,21)/t16-/m1/s1. The predicted octanol–water partition coefficient (Wildman–Crippen LogP) is 1.56. The van der Waals surface area contributed by atoms with Gasteiger partial charge in [0.2, 0.25) is 6.10 Å². The summed E-state index contributed by atoms with van der Waals surface area (Å²) >= 11 is 0. The van der Waals surface area contributed by atoms with Gasteiger partial charge in [-0.05, 0) is 29.8 Å². The zero-order valence-electron chi connectivity index (χ0n) is 12.9. The van der Waals surface area contributed by atoms with Gasteiger partial charge in [0.25, 0.3) is 15.9 Å². The van der Waals surface area contributed by atoms with E-state index in [1.54, 1.807) is 0 Å². The second kappa shape index (κ2) is 6.75. The molecule has 0 spiro atoms. The van der Waals surface area contributed by atoms with E-state index in [4.69, 9.17) is 10.1 Å². The molecule has 2 aromatic rings. The van der Waals surface area contributed by atoms with E-state index in [1.807, 2.05) is 41.1 Å². The molecule has 1 aliphatic heterocycles. The van der Waals surface area contributed by atoms with Crippen LogP contribution in [0.5, 0.6) is 0 Å². The Morgan fingerprint density at radius 1 is 1.16 bits per heavy atom. The van der Waals surface area contributed by atoms with Gasteiger partial charge < -0.3 is 4.84 Å². The molecule has 0 saturated carbocycles. The molecule has 2 aromatic carbocycles. The maximum atomic E-state index is 12.2. The van der Waals surface area contributed by atoms with Crippen molar-refractivity contribution in [2.75, 3.05) is 0 Å². The molecule has 0 fully saturated rings. The number of nitriles is 1. The normalized spacial score (nSPS) is 16.4. The third-order valence-electron chi connectivity index (χ3n) is 3.60. The first-order valence-electron chi connectivity index (χ1n) is 7.34. The number of benzene rings is 2. The molecule has 8 heteroatoms. The van der Waals surface area contributed by atoms with E-state index in [0.29, 0.717) is 11.3 Å². The molecule has 126 valence electrons. The lowest BCUT2D eigenvalue weighted by atomic mass is 10.1. The van der Waals surface area contributed by atoms with Gasteiger partial charge in [0.05, 0.1) is 22.2 Å². The molecular formula is C17H13N3O4S. The number of nitrogens with zero attached hydrogens (tertiary/aromatic N) is 2. The van der Waals surface area contributed by atoms with Crippen LogP contribution in [-0.2, 0) is 19.7 Å². The van der Waals surface area contributed by atoms with Gasteiger partial charge in [-0.25, -0.2) is 13.1 Å². The molecule has 25 heavy (non-hydrogen) atoms. The van der Waals surface area contributed by atoms with Crippen LogP contribution in [0.3, 0.4) is 0 Å². The minimum atomic E-state index is -4.04. The highest BCUT2D eigenvalue weighted by Crippen LogP contribution is 2.18. The molecule has 3 rings (SSSR count). The Morgan fingerprint density at radius 3 is 2.48 bits per heavy atom. The maximum absolute atomic E-state index is 12.2. The van der Waals surface area contributed by atoms with E-state index >= 15 is 0 Å². The third-order valence-corrected chi connectivity index (χ3v) is 4.96. The highest BCUT2D eigenvalue weighted by molar-refractivity contribution is 7.90. The van der Waals surface area contributed by atoms with Crippen LogP contribution in [0.4, 0.5) is 0 Å². The number of hydrogen-bond acceptors (Lipinski definition) is 6. The number of amides is 1. The Labute approximate surface area is 144 Å². The molecule has 1 aliphatic rings. The fraction of sp³-hybridized carbons (Fsp3) is 0.118. The zero-order valence-corrected chi connectivity index (χ0v) is 13.7. The van der Waals surface area contributed by atoms with E-state index < -0.39 is 22.0 Å². The van der Waals surface area contributed by atoms with Gasteiger partial charge in [-0.3, -0.25) is 4.79 Å². The highest BCUT2D eigenvalue weighted by Gasteiger charge is 2.31. The minimum Gasteiger partial charge on any atom is -0.382 e. The molecule has 0 unspecified atom stereocenters. The highest BCUT2D eigenvalue weighted by atomic mass is 32.2. The Morgan fingerprint density at radius 2 is 1.84 bits per heavy atom. The van der Waals surface area contributed by atoms with E-state index in [-0.39, 0.29) is 11.3 Å². The van der Waals surface area contributed by atoms with E-state index in [2.05, 4.69) is 5.16 Å². The van der Waals surface area contributed by atoms with Crippen LogP contribution < -0.4 is 4.72 Å². The number of nitrogens with one attached hydrogen (secondary N) is 1. The van der Waals surface area contributed by atoms with Crippen LogP contribution in [0.1, 0.15) is 17.5 Å². The van der Waals surface area contributed by atoms with Gasteiger partial charge in [0.1, 0.15) is 0 Å². The van der Waals surface area contributed by atoms with Crippen molar-refractivity contribution < 1.29 is 18.0 Å². The second-order valence-electron chi connectivity index (χ2n) is 5.31. The van der Waals surface area contributed by atoms with Gasteiger partial charge >= 0.3 is 0 Å². The average Bonchev–Trinajstić information content (AvgIpc) is 3.12. The second-order valence-corrected chi connectivity index (χ2v) is 6.99. The molecule has 0 aromatic heterocycles. The molecule has 7 nitrogen and oxygen atoms in total. The largest absolute Gasteiger partial charge is 0.382 e. The van der Waals surface area contributed by atoms with Crippen LogP contribution in [-0.4, -0.2) is 26.1 Å². The summed E-state index contributed by atoms with van der Waals surface area (Å²) in [6, 6.07) is 16.3. The van der Waals surface area contributed by atoms with E-state index in [1.165, 1.54) is 24.3 Å². The Hall–Kier alpha value is -3.18. The summed E-state index contributed by atoms with van der Waals surface area (Å²) in [7, 11) is -4.04. The molecule has 0 aliphatic carbocycles. The number of hydrogen-bond donors (Lipinski definition) is 1. The van der Waals surface area contributed by atoms with Crippen molar-refractivity contribution in [2.24, 2.45) is 5.16 Å². The van der Waals surface area contributed by atoms with Crippen molar-refractivity contribution in [1.29, 1.82) is 5.26 Å². The van der Waals surface area contributed by atoms with Crippen LogP contribution >= 0.6 is 0 Å². The lowest BCUT2D eigenvalue weighted by molar-refractivity contribution is -0.129. The first kappa shape index (κ1) is 16.7. The summed E-state index contributed by atoms with van der Waals surface area (Å²) in [5, 5.41) is 12.6. The molecule has 1 atom stereocenters. The summed E-state index contributed by atoms with van der Waals surface area (Å²) in [4.78, 5) is 17.2. The summed E-state index contributed by atoms with van der Waals surface area (Å²) in [5.74, 6) is -0.793. The number of oxime groups is 1. The molecule has 1 amide bonds. The summed E-state index contributed by atoms with van der Waals surface area (Å²) in [6.45, 7) is 0. The van der Waals surface area contributed by atoms with Crippen LogP contribution in [0.15, 0.2) is 64.6 Å². The summed E-state index contributed by atoms with van der Waals surface area (Å²) in [5.41, 5.74) is 1.72. The maximum Gasteiger partial charge on any atom is 0.278 e. The van der Waals surface area contributed by atoms with Crippen molar-refractivity contribution in [3.05, 3.63) is 65.7 Å². The number of sulfonamides is 1. The summed E-state index contributed by atoms with van der Waals surface area (Å²) < 4.78 is 26.5. The van der Waals surface area contributed by atoms with Crippen LogP contribution in [0.2, 0.25) is 0 Å². The van der Waals surface area contributed by atoms with Gasteiger partial charge in [-0.15, -0.1) is 0 Å². The Bertz CT molecular complexity index is 961. The van der Waals surface area contributed by atoms with Gasteiger partial charge in [-0.2, -0.15) is 5.26 Å². The predicted molar refractivity (Wildman–Crippen MR) is 89.0 cm³/mol. The first-order chi connectivity index (χ1) is 12.0. The third kappa shape index (κ3) is 3.67. The number of rotatable bonds is 4. The van der Waals surface area contributed by atoms with Crippen molar-refractivity contribution in [2.45, 2.75) is 17.4 Å². The topological polar surface area (TPSA) is 109 Å². The fourth-order valence-corrected chi connectivity index (χ4v) is 3.29. The smallest absolute Gasteiger partial charge is 0.278 e. The van der Waals surface area contributed by atoms with Crippen LogP contribution in [0, 0.1) is 11.3 Å². The van der Waals surface area contributed by atoms with Gasteiger partial charge in [-0.1, -0.05) is 35.5 Å². The lowest BCUT2D eigenvalue weighted by Gasteiger charge is -2.10. The summed E-state index contributed by atoms with van der Waals surface area (Å²) in [6.07, 6.45) is -0.831. The monoisotopic (exact) mass is 355 g/mol. The van der Waals surface area contributed by atoms with Crippen molar-refractivity contribution >= 4 is 21.6 Å². The molecule has 1 heterocycles. The van der Waals surface area contributed by atoms with E-state index in [0.717, 1.165) is 5.56 Å². The zero-order chi connectivity index (χ0) is 17.9. The van der Waals surface area contributed by atoms with Crippen molar-refractivity contribution in [3.63, 3.8) is 0 Å². The van der Waals surface area contributed by atoms with Crippen LogP contribution in [0.25, 0.3) is 0 Å². The first-order valence-corrected chi connectivity index (χ1v) is 8.83. The average molecular weight is 355 g/mol. The van der Waals surface area contributed by atoms with E-state index in [9.17, 15) is 13.2 Å².